The van der Waals surface area contributed by atoms with Crippen LogP contribution in [-0.2, 0) is 0 Å². The second-order valence-corrected chi connectivity index (χ2v) is 4.61. The molecule has 0 aliphatic carbocycles. The Kier molecular flexibility index (Phi) is 3.37. The second-order valence-electron chi connectivity index (χ2n) is 3.72. The highest BCUT2D eigenvalue weighted by Gasteiger charge is 2.01. The van der Waals surface area contributed by atoms with Crippen LogP contribution in [0.2, 0.25) is 0 Å². The van der Waals surface area contributed by atoms with Crippen molar-refractivity contribution in [2.24, 2.45) is 0 Å². The lowest BCUT2D eigenvalue weighted by molar-refractivity contribution is 0.567. The van der Waals surface area contributed by atoms with Gasteiger partial charge in [-0.05, 0) is 6.08 Å². The predicted octanol–water partition coefficient (Wildman–Crippen LogP) is 3.34. The molecule has 0 unspecified atom stereocenters. The van der Waals surface area contributed by atoms with Gasteiger partial charge in [0.1, 0.15) is 5.01 Å². The highest BCUT2D eigenvalue weighted by atomic mass is 32.1. The van der Waals surface area contributed by atoms with E-state index in [9.17, 15) is 0 Å². The van der Waals surface area contributed by atoms with Gasteiger partial charge < -0.3 is 4.90 Å². The Morgan fingerprint density at radius 2 is 1.94 bits per heavy atom. The summed E-state index contributed by atoms with van der Waals surface area (Å²) >= 11 is 1.66. The molecule has 0 N–H and O–H groups in total. The SMILES string of the molecule is CN(C)/C=C/c1nc(-c2ccccc2)cs1. The zero-order chi connectivity index (χ0) is 11.4. The molecule has 3 heteroatoms. The zero-order valence-corrected chi connectivity index (χ0v) is 10.2. The fourth-order valence-electron chi connectivity index (χ4n) is 1.32. The molecule has 82 valence electrons. The van der Waals surface area contributed by atoms with Crippen molar-refractivity contribution in [2.45, 2.75) is 0 Å². The van der Waals surface area contributed by atoms with Crippen LogP contribution in [-0.4, -0.2) is 24.0 Å². The van der Waals surface area contributed by atoms with E-state index in [1.54, 1.807) is 11.3 Å². The second kappa shape index (κ2) is 4.94. The molecule has 0 saturated carbocycles. The Morgan fingerprint density at radius 1 is 1.19 bits per heavy atom. The van der Waals surface area contributed by atoms with Gasteiger partial charge in [0.15, 0.2) is 0 Å². The molecule has 0 radical (unpaired) electrons. The molecule has 16 heavy (non-hydrogen) atoms. The van der Waals surface area contributed by atoms with Crippen molar-refractivity contribution in [3.8, 4) is 11.3 Å². The van der Waals surface area contributed by atoms with Crippen molar-refractivity contribution in [1.29, 1.82) is 0 Å². The standard InChI is InChI=1S/C13H14N2S/c1-15(2)9-8-13-14-12(10-16-13)11-6-4-3-5-7-11/h3-10H,1-2H3/b9-8+. The Balaban J connectivity index is 2.20. The van der Waals surface area contributed by atoms with Crippen LogP contribution in [0.15, 0.2) is 41.9 Å². The van der Waals surface area contributed by atoms with Crippen LogP contribution in [0, 0.1) is 0 Å². The van der Waals surface area contributed by atoms with Crippen molar-refractivity contribution < 1.29 is 0 Å². The van der Waals surface area contributed by atoms with Crippen LogP contribution in [0.3, 0.4) is 0 Å². The van der Waals surface area contributed by atoms with E-state index >= 15 is 0 Å². The van der Waals surface area contributed by atoms with E-state index in [0.717, 1.165) is 10.7 Å². The molecule has 0 aliphatic rings. The minimum Gasteiger partial charge on any atom is -0.383 e. The summed E-state index contributed by atoms with van der Waals surface area (Å²) in [5, 5.41) is 3.12. The van der Waals surface area contributed by atoms with E-state index in [4.69, 9.17) is 0 Å². The summed E-state index contributed by atoms with van der Waals surface area (Å²) in [6.45, 7) is 0. The van der Waals surface area contributed by atoms with Crippen LogP contribution in [0.1, 0.15) is 5.01 Å². The van der Waals surface area contributed by atoms with Gasteiger partial charge in [-0.1, -0.05) is 30.3 Å². The maximum atomic E-state index is 4.56. The number of benzene rings is 1. The van der Waals surface area contributed by atoms with E-state index < -0.39 is 0 Å². The van der Waals surface area contributed by atoms with Gasteiger partial charge in [0.25, 0.3) is 0 Å². The van der Waals surface area contributed by atoms with Gasteiger partial charge in [-0.25, -0.2) is 4.98 Å². The largest absolute Gasteiger partial charge is 0.383 e. The molecule has 2 rings (SSSR count). The van der Waals surface area contributed by atoms with Crippen molar-refractivity contribution >= 4 is 17.4 Å². The highest BCUT2D eigenvalue weighted by Crippen LogP contribution is 2.22. The summed E-state index contributed by atoms with van der Waals surface area (Å²) in [6, 6.07) is 10.2. The average molecular weight is 230 g/mol. The molecule has 0 spiro atoms. The average Bonchev–Trinajstić information content (AvgIpc) is 2.76. The summed E-state index contributed by atoms with van der Waals surface area (Å²) in [7, 11) is 4.00. The Morgan fingerprint density at radius 3 is 2.62 bits per heavy atom. The molecular formula is C13H14N2S. The van der Waals surface area contributed by atoms with E-state index in [1.807, 2.05) is 49.5 Å². The normalized spacial score (nSPS) is 10.9. The third kappa shape index (κ3) is 2.70. The molecule has 2 nitrogen and oxygen atoms in total. The lowest BCUT2D eigenvalue weighted by Crippen LogP contribution is -1.99. The maximum Gasteiger partial charge on any atom is 0.118 e. The predicted molar refractivity (Wildman–Crippen MR) is 70.3 cm³/mol. The summed E-state index contributed by atoms with van der Waals surface area (Å²) in [5.41, 5.74) is 2.22. The molecule has 1 heterocycles. The van der Waals surface area contributed by atoms with E-state index in [1.165, 1.54) is 5.56 Å². The monoisotopic (exact) mass is 230 g/mol. The lowest BCUT2D eigenvalue weighted by Gasteiger charge is -2.01. The summed E-state index contributed by atoms with van der Waals surface area (Å²) in [5.74, 6) is 0. The van der Waals surface area contributed by atoms with Gasteiger partial charge in [0.05, 0.1) is 5.69 Å². The zero-order valence-electron chi connectivity index (χ0n) is 9.42. The first-order valence-electron chi connectivity index (χ1n) is 5.11. The van der Waals surface area contributed by atoms with Gasteiger partial charge in [-0.15, -0.1) is 11.3 Å². The van der Waals surface area contributed by atoms with Crippen LogP contribution >= 0.6 is 11.3 Å². The first-order valence-corrected chi connectivity index (χ1v) is 5.99. The van der Waals surface area contributed by atoms with Crippen molar-refractivity contribution in [3.05, 3.63) is 46.9 Å². The Hall–Kier alpha value is -1.61. The minimum atomic E-state index is 1.03. The highest BCUT2D eigenvalue weighted by molar-refractivity contribution is 7.10. The number of thiazole rings is 1. The van der Waals surface area contributed by atoms with Crippen molar-refractivity contribution in [1.82, 2.24) is 9.88 Å². The number of aromatic nitrogens is 1. The van der Waals surface area contributed by atoms with Gasteiger partial charge in [0, 0.05) is 31.2 Å². The molecule has 0 aliphatic heterocycles. The maximum absolute atomic E-state index is 4.56. The van der Waals surface area contributed by atoms with Gasteiger partial charge >= 0.3 is 0 Å². The molecule has 0 atom stereocenters. The molecule has 0 saturated heterocycles. The first kappa shape index (κ1) is 10.9. The van der Waals surface area contributed by atoms with E-state index in [0.29, 0.717) is 0 Å². The fraction of sp³-hybridized carbons (Fsp3) is 0.154. The molecule has 0 bridgehead atoms. The number of rotatable bonds is 3. The lowest BCUT2D eigenvalue weighted by atomic mass is 10.2. The third-order valence-corrected chi connectivity index (χ3v) is 2.92. The number of hydrogen-bond acceptors (Lipinski definition) is 3. The number of nitrogens with zero attached hydrogens (tertiary/aromatic N) is 2. The summed E-state index contributed by atoms with van der Waals surface area (Å²) in [6.07, 6.45) is 4.03. The summed E-state index contributed by atoms with van der Waals surface area (Å²) in [4.78, 5) is 6.56. The van der Waals surface area contributed by atoms with Gasteiger partial charge in [-0.3, -0.25) is 0 Å². The van der Waals surface area contributed by atoms with Gasteiger partial charge in [0.2, 0.25) is 0 Å². The van der Waals surface area contributed by atoms with Crippen LogP contribution < -0.4 is 0 Å². The molecule has 1 aromatic carbocycles. The van der Waals surface area contributed by atoms with Crippen molar-refractivity contribution in [3.63, 3.8) is 0 Å². The topological polar surface area (TPSA) is 16.1 Å². The Bertz CT molecular complexity index is 472. The minimum absolute atomic E-state index is 1.03. The molecule has 2 aromatic rings. The van der Waals surface area contributed by atoms with E-state index in [2.05, 4.69) is 22.5 Å². The first-order chi connectivity index (χ1) is 7.75. The molecule has 1 aromatic heterocycles. The molecule has 0 amide bonds. The van der Waals surface area contributed by atoms with Crippen LogP contribution in [0.4, 0.5) is 0 Å². The van der Waals surface area contributed by atoms with E-state index in [-0.39, 0.29) is 0 Å². The van der Waals surface area contributed by atoms with Crippen LogP contribution in [0.25, 0.3) is 17.3 Å². The smallest absolute Gasteiger partial charge is 0.118 e. The van der Waals surface area contributed by atoms with Gasteiger partial charge in [-0.2, -0.15) is 0 Å². The number of hydrogen-bond donors (Lipinski definition) is 0. The fourth-order valence-corrected chi connectivity index (χ4v) is 2.03. The third-order valence-electron chi connectivity index (χ3n) is 2.11. The summed E-state index contributed by atoms with van der Waals surface area (Å²) < 4.78 is 0. The van der Waals surface area contributed by atoms with Crippen molar-refractivity contribution in [2.75, 3.05) is 14.1 Å². The van der Waals surface area contributed by atoms with Crippen LogP contribution in [0.5, 0.6) is 0 Å². The molecule has 0 fully saturated rings. The Labute approximate surface area is 99.9 Å². The quantitative estimate of drug-likeness (QED) is 0.804. The molecular weight excluding hydrogens is 216 g/mol.